The summed E-state index contributed by atoms with van der Waals surface area (Å²) in [6, 6.07) is 15.1. The number of sulfonamides is 2. The van der Waals surface area contributed by atoms with Crippen LogP contribution in [0.4, 0.5) is 13.2 Å². The summed E-state index contributed by atoms with van der Waals surface area (Å²) in [4.78, 5) is -0.556. The molecule has 0 aliphatic heterocycles. The van der Waals surface area contributed by atoms with Crippen molar-refractivity contribution in [3.63, 3.8) is 0 Å². The van der Waals surface area contributed by atoms with Gasteiger partial charge in [-0.05, 0) is 47.9 Å². The van der Waals surface area contributed by atoms with Gasteiger partial charge in [0.1, 0.15) is 0 Å². The molecule has 2 unspecified atom stereocenters. The minimum atomic E-state index is -6.02. The second-order valence-electron chi connectivity index (χ2n) is 6.76. The molecule has 0 saturated heterocycles. The van der Waals surface area contributed by atoms with Crippen LogP contribution in [0.5, 0.6) is 0 Å². The maximum atomic E-state index is 12.4. The van der Waals surface area contributed by atoms with E-state index in [1.807, 2.05) is 37.3 Å². The maximum Gasteiger partial charge on any atom is 0.512 e. The fraction of sp³-hybridized carbons (Fsp3) is 0.368. The second kappa shape index (κ2) is 8.85. The van der Waals surface area contributed by atoms with Gasteiger partial charge in [0.15, 0.2) is 0 Å². The molecule has 0 aliphatic rings. The van der Waals surface area contributed by atoms with Gasteiger partial charge in [0.05, 0.1) is 4.90 Å². The Balaban J connectivity index is 2.19. The van der Waals surface area contributed by atoms with Crippen molar-refractivity contribution in [2.75, 3.05) is 0 Å². The maximum absolute atomic E-state index is 12.4. The molecule has 0 aliphatic carbocycles. The van der Waals surface area contributed by atoms with E-state index in [2.05, 4.69) is 6.92 Å². The van der Waals surface area contributed by atoms with Crippen molar-refractivity contribution in [1.82, 2.24) is 4.13 Å². The summed E-state index contributed by atoms with van der Waals surface area (Å²) in [6.07, 6.45) is 1.58. The van der Waals surface area contributed by atoms with E-state index in [-0.39, 0.29) is 11.8 Å². The monoisotopic (exact) mass is 449 g/mol. The van der Waals surface area contributed by atoms with E-state index in [1.54, 1.807) is 0 Å². The van der Waals surface area contributed by atoms with E-state index in [9.17, 15) is 30.0 Å². The first kappa shape index (κ1) is 23.4. The van der Waals surface area contributed by atoms with Gasteiger partial charge >= 0.3 is 15.5 Å². The van der Waals surface area contributed by atoms with Crippen molar-refractivity contribution in [1.29, 1.82) is 0 Å². The number of alkyl halides is 3. The van der Waals surface area contributed by atoms with Gasteiger partial charge in [0.25, 0.3) is 10.0 Å². The zero-order chi connectivity index (χ0) is 21.9. The third-order valence-corrected chi connectivity index (χ3v) is 7.94. The highest BCUT2D eigenvalue weighted by Crippen LogP contribution is 2.32. The van der Waals surface area contributed by atoms with Gasteiger partial charge in [-0.1, -0.05) is 60.4 Å². The highest BCUT2D eigenvalue weighted by Gasteiger charge is 2.48. The van der Waals surface area contributed by atoms with E-state index in [4.69, 9.17) is 0 Å². The predicted octanol–water partition coefficient (Wildman–Crippen LogP) is 4.50. The lowest BCUT2D eigenvalue weighted by atomic mass is 9.85. The fourth-order valence-electron chi connectivity index (χ4n) is 3.04. The van der Waals surface area contributed by atoms with Gasteiger partial charge in [0.2, 0.25) is 0 Å². The molecule has 0 heterocycles. The van der Waals surface area contributed by atoms with Gasteiger partial charge in [-0.25, -0.2) is 16.8 Å². The standard InChI is InChI=1S/C19H22F3NO4S2/c1-3-15(13-14(2)16-7-5-4-6-8-16)17-9-11-18(12-10-17)28(24,25)23-29(26,27)19(20,21)22/h4-12,14-15,23H,3,13H2,1-2H3. The SMILES string of the molecule is CCC(CC(C)c1ccccc1)c1ccc(S(=O)(=O)NS(=O)(=O)C(F)(F)F)cc1. The number of hydrogen-bond donors (Lipinski definition) is 1. The summed E-state index contributed by atoms with van der Waals surface area (Å²) in [5.41, 5.74) is -3.72. The van der Waals surface area contributed by atoms with Gasteiger partial charge in [-0.15, -0.1) is 0 Å². The highest BCUT2D eigenvalue weighted by atomic mass is 32.3. The van der Waals surface area contributed by atoms with Crippen LogP contribution in [0.1, 0.15) is 49.7 Å². The van der Waals surface area contributed by atoms with Crippen LogP contribution in [0.3, 0.4) is 0 Å². The summed E-state index contributed by atoms with van der Waals surface area (Å²) in [7, 11) is -10.9. The molecule has 0 aromatic heterocycles. The first-order valence-electron chi connectivity index (χ1n) is 8.87. The van der Waals surface area contributed by atoms with Gasteiger partial charge in [-0.2, -0.15) is 13.2 Å². The lowest BCUT2D eigenvalue weighted by molar-refractivity contribution is -0.0441. The average Bonchev–Trinajstić information content (AvgIpc) is 2.65. The van der Waals surface area contributed by atoms with Gasteiger partial charge < -0.3 is 0 Å². The van der Waals surface area contributed by atoms with Crippen LogP contribution >= 0.6 is 0 Å². The van der Waals surface area contributed by atoms with Crippen molar-refractivity contribution < 1.29 is 30.0 Å². The molecule has 29 heavy (non-hydrogen) atoms. The molecule has 2 rings (SSSR count). The summed E-state index contributed by atoms with van der Waals surface area (Å²) in [5, 5.41) is 0. The third-order valence-electron chi connectivity index (χ3n) is 4.69. The van der Waals surface area contributed by atoms with Crippen LogP contribution in [-0.2, 0) is 20.0 Å². The molecule has 5 nitrogen and oxygen atoms in total. The molecular weight excluding hydrogens is 427 g/mol. The molecule has 2 aromatic carbocycles. The van der Waals surface area contributed by atoms with E-state index < -0.39 is 30.5 Å². The van der Waals surface area contributed by atoms with Crippen LogP contribution < -0.4 is 4.13 Å². The average molecular weight is 450 g/mol. The second-order valence-corrected chi connectivity index (χ2v) is 10.4. The van der Waals surface area contributed by atoms with Crippen molar-refractivity contribution in [3.05, 3.63) is 65.7 Å². The Kier molecular flexibility index (Phi) is 7.13. The number of halogens is 3. The van der Waals surface area contributed by atoms with Crippen LogP contribution in [-0.4, -0.2) is 22.3 Å². The molecule has 2 aromatic rings. The summed E-state index contributed by atoms with van der Waals surface area (Å²) >= 11 is 0. The molecule has 10 heteroatoms. The van der Waals surface area contributed by atoms with Crippen molar-refractivity contribution in [2.24, 2.45) is 0 Å². The number of benzene rings is 2. The van der Waals surface area contributed by atoms with E-state index >= 15 is 0 Å². The first-order chi connectivity index (χ1) is 13.4. The zero-order valence-electron chi connectivity index (χ0n) is 15.8. The summed E-state index contributed by atoms with van der Waals surface area (Å²) < 4.78 is 84.3. The zero-order valence-corrected chi connectivity index (χ0v) is 17.5. The smallest absolute Gasteiger partial charge is 0.206 e. The van der Waals surface area contributed by atoms with Crippen LogP contribution in [0.25, 0.3) is 0 Å². The van der Waals surface area contributed by atoms with E-state index in [0.29, 0.717) is 0 Å². The van der Waals surface area contributed by atoms with E-state index in [1.165, 1.54) is 17.7 Å². The Bertz CT molecular complexity index is 1020. The topological polar surface area (TPSA) is 80.3 Å². The van der Waals surface area contributed by atoms with Crippen molar-refractivity contribution in [3.8, 4) is 0 Å². The Morgan fingerprint density at radius 2 is 1.45 bits per heavy atom. The Morgan fingerprint density at radius 1 is 0.897 bits per heavy atom. The third kappa shape index (κ3) is 5.80. The molecule has 2 atom stereocenters. The predicted molar refractivity (Wildman–Crippen MR) is 104 cm³/mol. The Hall–Kier alpha value is -1.91. The lowest BCUT2D eigenvalue weighted by Gasteiger charge is -2.21. The normalized spacial score (nSPS) is 15.1. The number of rotatable bonds is 8. The van der Waals surface area contributed by atoms with Crippen molar-refractivity contribution in [2.45, 2.75) is 48.9 Å². The van der Waals surface area contributed by atoms with E-state index in [0.717, 1.165) is 34.7 Å². The largest absolute Gasteiger partial charge is 0.512 e. The number of nitrogens with one attached hydrogen (secondary N) is 1. The first-order valence-corrected chi connectivity index (χ1v) is 11.8. The molecule has 0 fully saturated rings. The molecule has 0 bridgehead atoms. The molecule has 160 valence electrons. The Labute approximate surface area is 169 Å². The van der Waals surface area contributed by atoms with Gasteiger partial charge in [0, 0.05) is 0 Å². The van der Waals surface area contributed by atoms with Crippen LogP contribution in [0, 0.1) is 0 Å². The van der Waals surface area contributed by atoms with Gasteiger partial charge in [-0.3, -0.25) is 0 Å². The molecule has 0 saturated carbocycles. The lowest BCUT2D eigenvalue weighted by Crippen LogP contribution is -2.40. The molecule has 0 spiro atoms. The molecule has 0 amide bonds. The van der Waals surface area contributed by atoms with Crippen molar-refractivity contribution >= 4 is 20.0 Å². The highest BCUT2D eigenvalue weighted by molar-refractivity contribution is 8.05. The quantitative estimate of drug-likeness (QED) is 0.643. The minimum Gasteiger partial charge on any atom is -0.206 e. The number of hydrogen-bond acceptors (Lipinski definition) is 4. The minimum absolute atomic E-state index is 0.105. The summed E-state index contributed by atoms with van der Waals surface area (Å²) in [5.74, 6) is 0.358. The molecule has 0 radical (unpaired) electrons. The fourth-order valence-corrected chi connectivity index (χ4v) is 5.45. The Morgan fingerprint density at radius 3 is 1.93 bits per heavy atom. The summed E-state index contributed by atoms with van der Waals surface area (Å²) in [6.45, 7) is 4.08. The van der Waals surface area contributed by atoms with Crippen LogP contribution in [0.15, 0.2) is 59.5 Å². The molecule has 1 N–H and O–H groups in total. The van der Waals surface area contributed by atoms with Crippen LogP contribution in [0.2, 0.25) is 0 Å². The molecular formula is C19H22F3NO4S2.